The van der Waals surface area contributed by atoms with Crippen LogP contribution in [0.5, 0.6) is 0 Å². The average molecular weight is 260 g/mol. The highest BCUT2D eigenvalue weighted by Crippen LogP contribution is 2.14. The summed E-state index contributed by atoms with van der Waals surface area (Å²) in [5.74, 6) is 0.630. The highest BCUT2D eigenvalue weighted by molar-refractivity contribution is 5.95. The number of carbonyl (C=O) groups excluding carboxylic acids is 1. The van der Waals surface area contributed by atoms with Crippen molar-refractivity contribution < 1.29 is 4.79 Å². The quantitative estimate of drug-likeness (QED) is 0.872. The summed E-state index contributed by atoms with van der Waals surface area (Å²) in [5.41, 5.74) is 1.94. The highest BCUT2D eigenvalue weighted by Gasteiger charge is 2.18. The standard InChI is InChI=1S/C16H24N2O/c1-3-14-6-4-5-7-15(14)16(19)18-11-13-9-8-12(2)17-10-13/h4-7,12-13,17H,3,8-11H2,1-2H3,(H,18,19). The fourth-order valence-electron chi connectivity index (χ4n) is 2.61. The molecule has 1 saturated heterocycles. The molecule has 2 unspecified atom stereocenters. The lowest BCUT2D eigenvalue weighted by Gasteiger charge is -2.27. The van der Waals surface area contributed by atoms with Crippen LogP contribution >= 0.6 is 0 Å². The van der Waals surface area contributed by atoms with Crippen molar-refractivity contribution in [2.45, 2.75) is 39.2 Å². The van der Waals surface area contributed by atoms with E-state index in [1.807, 2.05) is 24.3 Å². The molecule has 1 aromatic rings. The molecule has 0 aromatic heterocycles. The molecule has 0 aliphatic carbocycles. The van der Waals surface area contributed by atoms with Gasteiger partial charge < -0.3 is 10.6 Å². The van der Waals surface area contributed by atoms with Gasteiger partial charge in [0, 0.05) is 18.2 Å². The Morgan fingerprint density at radius 2 is 2.16 bits per heavy atom. The Morgan fingerprint density at radius 3 is 2.84 bits per heavy atom. The first-order valence-corrected chi connectivity index (χ1v) is 7.30. The van der Waals surface area contributed by atoms with Gasteiger partial charge in [-0.05, 0) is 50.3 Å². The first-order chi connectivity index (χ1) is 9.20. The fourth-order valence-corrected chi connectivity index (χ4v) is 2.61. The van der Waals surface area contributed by atoms with E-state index in [1.165, 1.54) is 12.8 Å². The van der Waals surface area contributed by atoms with Crippen molar-refractivity contribution in [2.75, 3.05) is 13.1 Å². The van der Waals surface area contributed by atoms with Crippen LogP contribution in [0.25, 0.3) is 0 Å². The number of rotatable bonds is 4. The molecule has 1 aliphatic heterocycles. The van der Waals surface area contributed by atoms with Gasteiger partial charge in [0.05, 0.1) is 0 Å². The maximum absolute atomic E-state index is 12.2. The van der Waals surface area contributed by atoms with Crippen molar-refractivity contribution in [1.29, 1.82) is 0 Å². The lowest BCUT2D eigenvalue weighted by atomic mass is 9.95. The number of hydrogen-bond donors (Lipinski definition) is 2. The molecule has 2 atom stereocenters. The second kappa shape index (κ2) is 6.71. The Morgan fingerprint density at radius 1 is 1.37 bits per heavy atom. The highest BCUT2D eigenvalue weighted by atomic mass is 16.1. The third kappa shape index (κ3) is 3.80. The van der Waals surface area contributed by atoms with Gasteiger partial charge >= 0.3 is 0 Å². The van der Waals surface area contributed by atoms with Crippen LogP contribution in [0.15, 0.2) is 24.3 Å². The Hall–Kier alpha value is -1.35. The van der Waals surface area contributed by atoms with Gasteiger partial charge in [0.25, 0.3) is 5.91 Å². The SMILES string of the molecule is CCc1ccccc1C(=O)NCC1CCC(C)NC1. The summed E-state index contributed by atoms with van der Waals surface area (Å²) in [6.45, 7) is 6.08. The van der Waals surface area contributed by atoms with E-state index >= 15 is 0 Å². The maximum atomic E-state index is 12.2. The number of nitrogens with one attached hydrogen (secondary N) is 2. The van der Waals surface area contributed by atoms with E-state index in [0.29, 0.717) is 12.0 Å². The van der Waals surface area contributed by atoms with Gasteiger partial charge in [-0.15, -0.1) is 0 Å². The van der Waals surface area contributed by atoms with E-state index in [-0.39, 0.29) is 5.91 Å². The van der Waals surface area contributed by atoms with Crippen LogP contribution in [-0.4, -0.2) is 25.0 Å². The Labute approximate surface area is 115 Å². The molecule has 0 saturated carbocycles. The molecular weight excluding hydrogens is 236 g/mol. The summed E-state index contributed by atoms with van der Waals surface area (Å²) < 4.78 is 0. The monoisotopic (exact) mass is 260 g/mol. The molecule has 0 spiro atoms. The molecule has 0 bridgehead atoms. The first-order valence-electron chi connectivity index (χ1n) is 7.30. The second-order valence-corrected chi connectivity index (χ2v) is 5.47. The maximum Gasteiger partial charge on any atom is 0.251 e. The largest absolute Gasteiger partial charge is 0.352 e. The van der Waals surface area contributed by atoms with E-state index in [9.17, 15) is 4.79 Å². The molecule has 2 rings (SSSR count). The Kier molecular flexibility index (Phi) is 4.97. The lowest BCUT2D eigenvalue weighted by Crippen LogP contribution is -2.42. The summed E-state index contributed by atoms with van der Waals surface area (Å²) in [4.78, 5) is 12.2. The molecule has 2 N–H and O–H groups in total. The lowest BCUT2D eigenvalue weighted by molar-refractivity contribution is 0.0943. The molecule has 0 radical (unpaired) electrons. The fraction of sp³-hybridized carbons (Fsp3) is 0.562. The van der Waals surface area contributed by atoms with Crippen molar-refractivity contribution in [2.24, 2.45) is 5.92 Å². The van der Waals surface area contributed by atoms with Crippen molar-refractivity contribution in [1.82, 2.24) is 10.6 Å². The topological polar surface area (TPSA) is 41.1 Å². The molecule has 1 heterocycles. The van der Waals surface area contributed by atoms with E-state index < -0.39 is 0 Å². The second-order valence-electron chi connectivity index (χ2n) is 5.47. The van der Waals surface area contributed by atoms with Crippen LogP contribution < -0.4 is 10.6 Å². The first kappa shape index (κ1) is 14.1. The van der Waals surface area contributed by atoms with Gasteiger partial charge in [0.1, 0.15) is 0 Å². The molecule has 1 fully saturated rings. The molecule has 1 aliphatic rings. The number of amides is 1. The van der Waals surface area contributed by atoms with Gasteiger partial charge in [0.15, 0.2) is 0 Å². The number of aryl methyl sites for hydroxylation is 1. The van der Waals surface area contributed by atoms with Crippen LogP contribution in [0.4, 0.5) is 0 Å². The number of hydrogen-bond acceptors (Lipinski definition) is 2. The van der Waals surface area contributed by atoms with Crippen LogP contribution in [0, 0.1) is 5.92 Å². The molecule has 19 heavy (non-hydrogen) atoms. The summed E-state index contributed by atoms with van der Waals surface area (Å²) in [6.07, 6.45) is 3.29. The third-order valence-corrected chi connectivity index (χ3v) is 3.96. The van der Waals surface area contributed by atoms with Gasteiger partial charge in [-0.3, -0.25) is 4.79 Å². The average Bonchev–Trinajstić information content (AvgIpc) is 2.46. The number of benzene rings is 1. The Balaban J connectivity index is 1.87. The van der Waals surface area contributed by atoms with E-state index in [4.69, 9.17) is 0 Å². The van der Waals surface area contributed by atoms with Gasteiger partial charge in [0.2, 0.25) is 0 Å². The van der Waals surface area contributed by atoms with Crippen LogP contribution in [0.1, 0.15) is 42.6 Å². The molecule has 1 amide bonds. The third-order valence-electron chi connectivity index (χ3n) is 3.96. The minimum atomic E-state index is 0.0658. The van der Waals surface area contributed by atoms with Gasteiger partial charge in [-0.25, -0.2) is 0 Å². The number of carbonyl (C=O) groups is 1. The van der Waals surface area contributed by atoms with Crippen molar-refractivity contribution >= 4 is 5.91 Å². The van der Waals surface area contributed by atoms with Gasteiger partial charge in [-0.1, -0.05) is 25.1 Å². The van der Waals surface area contributed by atoms with E-state index in [1.54, 1.807) is 0 Å². The Bertz CT molecular complexity index is 423. The minimum Gasteiger partial charge on any atom is -0.352 e. The van der Waals surface area contributed by atoms with E-state index in [0.717, 1.165) is 30.6 Å². The summed E-state index contributed by atoms with van der Waals surface area (Å²) in [7, 11) is 0. The molecule has 104 valence electrons. The molecule has 3 nitrogen and oxygen atoms in total. The molecule has 3 heteroatoms. The smallest absolute Gasteiger partial charge is 0.251 e. The predicted octanol–water partition coefficient (Wildman–Crippen LogP) is 2.37. The van der Waals surface area contributed by atoms with Crippen molar-refractivity contribution in [3.8, 4) is 0 Å². The summed E-state index contributed by atoms with van der Waals surface area (Å²) >= 11 is 0. The van der Waals surface area contributed by atoms with Crippen LogP contribution in [0.2, 0.25) is 0 Å². The van der Waals surface area contributed by atoms with Crippen molar-refractivity contribution in [3.63, 3.8) is 0 Å². The summed E-state index contributed by atoms with van der Waals surface area (Å²) in [5, 5.41) is 6.55. The normalized spacial score (nSPS) is 23.1. The zero-order valence-corrected chi connectivity index (χ0v) is 11.9. The molecular formula is C16H24N2O. The zero-order valence-electron chi connectivity index (χ0n) is 11.9. The zero-order chi connectivity index (χ0) is 13.7. The number of piperidine rings is 1. The minimum absolute atomic E-state index is 0.0658. The van der Waals surface area contributed by atoms with E-state index in [2.05, 4.69) is 24.5 Å². The van der Waals surface area contributed by atoms with Crippen LogP contribution in [-0.2, 0) is 6.42 Å². The van der Waals surface area contributed by atoms with Gasteiger partial charge in [-0.2, -0.15) is 0 Å². The predicted molar refractivity (Wildman–Crippen MR) is 78.3 cm³/mol. The molecule has 1 aromatic carbocycles. The van der Waals surface area contributed by atoms with Crippen molar-refractivity contribution in [3.05, 3.63) is 35.4 Å². The van der Waals surface area contributed by atoms with Crippen LogP contribution in [0.3, 0.4) is 0 Å². The summed E-state index contributed by atoms with van der Waals surface area (Å²) in [6, 6.07) is 8.47.